The first kappa shape index (κ1) is 26.7. The van der Waals surface area contributed by atoms with Gasteiger partial charge in [-0.15, -0.1) is 0 Å². The zero-order valence-electron chi connectivity index (χ0n) is 20.5. The van der Waals surface area contributed by atoms with Crippen molar-refractivity contribution in [1.29, 1.82) is 0 Å². The highest BCUT2D eigenvalue weighted by Gasteiger charge is 2.46. The Morgan fingerprint density at radius 2 is 1.74 bits per heavy atom. The first-order valence-corrected chi connectivity index (χ1v) is 12.9. The number of nitrogens with zero attached hydrogens (tertiary/aromatic N) is 3. The Kier molecular flexibility index (Phi) is 7.06. The highest BCUT2D eigenvalue weighted by atomic mass is 19.4. The summed E-state index contributed by atoms with van der Waals surface area (Å²) < 4.78 is 80.1. The quantitative estimate of drug-likeness (QED) is 0.435. The number of carbonyl (C=O) groups is 2. The van der Waals surface area contributed by atoms with Crippen LogP contribution in [0.1, 0.15) is 81.1 Å². The summed E-state index contributed by atoms with van der Waals surface area (Å²) in [6.45, 7) is 0. The van der Waals surface area contributed by atoms with Gasteiger partial charge < -0.3 is 10.6 Å². The lowest BCUT2D eigenvalue weighted by atomic mass is 9.81. The van der Waals surface area contributed by atoms with Crippen molar-refractivity contribution < 1.29 is 35.9 Å². The fourth-order valence-corrected chi connectivity index (χ4v) is 5.16. The van der Waals surface area contributed by atoms with Crippen LogP contribution in [0.3, 0.4) is 0 Å². The molecule has 2 amide bonds. The summed E-state index contributed by atoms with van der Waals surface area (Å²) in [5, 5.41) is 9.86. The number of imidazole rings is 1. The number of alkyl halides is 6. The minimum absolute atomic E-state index is 0.0756. The number of hydrogen-bond acceptors (Lipinski definition) is 4. The molecule has 3 fully saturated rings. The highest BCUT2D eigenvalue weighted by Crippen LogP contribution is 2.43. The van der Waals surface area contributed by atoms with E-state index in [0.717, 1.165) is 12.8 Å². The maximum Gasteiger partial charge on any atom is 0.389 e. The van der Waals surface area contributed by atoms with Gasteiger partial charge in [-0.25, -0.2) is 22.7 Å². The molecule has 38 heavy (non-hydrogen) atoms. The number of carbonyl (C=O) groups excluding carboxylic acids is 2. The van der Waals surface area contributed by atoms with Crippen LogP contribution in [0.2, 0.25) is 0 Å². The number of nitrogens with one attached hydrogen (secondary N) is 2. The van der Waals surface area contributed by atoms with E-state index in [1.54, 1.807) is 12.3 Å². The Labute approximate surface area is 214 Å². The van der Waals surface area contributed by atoms with Gasteiger partial charge in [-0.3, -0.25) is 9.59 Å². The van der Waals surface area contributed by atoms with Crippen molar-refractivity contribution in [3.8, 4) is 0 Å². The van der Waals surface area contributed by atoms with E-state index in [9.17, 15) is 35.9 Å². The predicted octanol–water partition coefficient (Wildman–Crippen LogP) is 4.98. The molecular formula is C25H29F6N5O2. The summed E-state index contributed by atoms with van der Waals surface area (Å²) in [5.41, 5.74) is 1.38. The molecule has 2 aromatic heterocycles. The summed E-state index contributed by atoms with van der Waals surface area (Å²) in [4.78, 5) is 29.4. The third-order valence-corrected chi connectivity index (χ3v) is 7.66. The van der Waals surface area contributed by atoms with E-state index in [4.69, 9.17) is 0 Å². The predicted molar refractivity (Wildman–Crippen MR) is 123 cm³/mol. The van der Waals surface area contributed by atoms with Crippen LogP contribution in [-0.2, 0) is 9.59 Å². The smallest absolute Gasteiger partial charge is 0.349 e. The molecule has 7 nitrogen and oxygen atoms in total. The van der Waals surface area contributed by atoms with Crippen LogP contribution in [0.15, 0.2) is 18.5 Å². The molecule has 208 valence electrons. The molecule has 2 N–H and O–H groups in total. The van der Waals surface area contributed by atoms with Gasteiger partial charge in [-0.1, -0.05) is 0 Å². The van der Waals surface area contributed by atoms with Crippen molar-refractivity contribution in [1.82, 2.24) is 25.2 Å². The number of fused-ring (bicyclic) bond motifs is 1. The van der Waals surface area contributed by atoms with E-state index >= 15 is 0 Å². The molecule has 3 aliphatic carbocycles. The molecule has 2 aromatic rings. The minimum Gasteiger partial charge on any atom is -0.349 e. The molecular weight excluding hydrogens is 516 g/mol. The normalized spacial score (nSPS) is 25.1. The number of hydrogen-bond donors (Lipinski definition) is 2. The summed E-state index contributed by atoms with van der Waals surface area (Å²) in [6.07, 6.45) is -2.94. The Morgan fingerprint density at radius 3 is 2.34 bits per heavy atom. The molecule has 0 aromatic carbocycles. The molecule has 0 bridgehead atoms. The second kappa shape index (κ2) is 10.0. The molecule has 0 unspecified atom stereocenters. The third-order valence-electron chi connectivity index (χ3n) is 7.66. The van der Waals surface area contributed by atoms with Crippen LogP contribution in [0, 0.1) is 17.8 Å². The molecule has 0 aliphatic heterocycles. The summed E-state index contributed by atoms with van der Waals surface area (Å²) in [6, 6.07) is 0.467. The third kappa shape index (κ3) is 6.40. The average molecular weight is 546 g/mol. The van der Waals surface area contributed by atoms with Crippen molar-refractivity contribution in [2.75, 3.05) is 0 Å². The van der Waals surface area contributed by atoms with Crippen LogP contribution < -0.4 is 10.6 Å². The van der Waals surface area contributed by atoms with E-state index in [1.807, 2.05) is 0 Å². The van der Waals surface area contributed by atoms with Crippen LogP contribution in [-0.4, -0.2) is 44.7 Å². The van der Waals surface area contributed by atoms with E-state index < -0.39 is 60.9 Å². The molecule has 2 heterocycles. The van der Waals surface area contributed by atoms with Crippen LogP contribution >= 0.6 is 0 Å². The number of halogens is 6. The van der Waals surface area contributed by atoms with Gasteiger partial charge in [-0.2, -0.15) is 18.3 Å². The Morgan fingerprint density at radius 1 is 1.08 bits per heavy atom. The van der Waals surface area contributed by atoms with E-state index in [1.165, 1.54) is 10.7 Å². The topological polar surface area (TPSA) is 88.4 Å². The lowest BCUT2D eigenvalue weighted by molar-refractivity contribution is -0.144. The highest BCUT2D eigenvalue weighted by molar-refractivity contribution is 5.82. The SMILES string of the molecule is O=C(CCC(F)(F)F)N[C@@H](c1cnn2cc([C@@H](NC(=O)[C@H]3C[C@H]3F)C3CCC(F)(F)CC3)nc2c1)C1CC1. The second-order valence-electron chi connectivity index (χ2n) is 10.8. The van der Waals surface area contributed by atoms with Crippen LogP contribution in [0.25, 0.3) is 5.65 Å². The maximum absolute atomic E-state index is 13.8. The zero-order valence-corrected chi connectivity index (χ0v) is 20.5. The number of aromatic nitrogens is 3. The number of amides is 2. The Hall–Kier alpha value is -2.86. The molecule has 4 atom stereocenters. The first-order chi connectivity index (χ1) is 17.9. The van der Waals surface area contributed by atoms with Gasteiger partial charge in [0.1, 0.15) is 6.17 Å². The number of rotatable bonds is 9. The summed E-state index contributed by atoms with van der Waals surface area (Å²) in [7, 11) is 0. The van der Waals surface area contributed by atoms with E-state index in [0.29, 0.717) is 16.9 Å². The van der Waals surface area contributed by atoms with E-state index in [2.05, 4.69) is 20.7 Å². The van der Waals surface area contributed by atoms with E-state index in [-0.39, 0.29) is 43.9 Å². The van der Waals surface area contributed by atoms with Gasteiger partial charge in [0, 0.05) is 19.3 Å². The van der Waals surface area contributed by atoms with Crippen LogP contribution in [0.4, 0.5) is 26.3 Å². The average Bonchev–Trinajstić information content (AvgIpc) is 3.77. The zero-order chi connectivity index (χ0) is 27.2. The van der Waals surface area contributed by atoms with Crippen molar-refractivity contribution >= 4 is 17.5 Å². The largest absolute Gasteiger partial charge is 0.389 e. The fourth-order valence-electron chi connectivity index (χ4n) is 5.16. The van der Waals surface area contributed by atoms with Gasteiger partial charge >= 0.3 is 6.18 Å². The van der Waals surface area contributed by atoms with Crippen LogP contribution in [0.5, 0.6) is 0 Å². The maximum atomic E-state index is 13.8. The molecule has 3 saturated carbocycles. The van der Waals surface area contributed by atoms with Crippen molar-refractivity contribution in [3.05, 3.63) is 29.7 Å². The van der Waals surface area contributed by atoms with Crippen molar-refractivity contribution in [3.63, 3.8) is 0 Å². The molecule has 13 heteroatoms. The second-order valence-corrected chi connectivity index (χ2v) is 10.8. The minimum atomic E-state index is -4.43. The standard InChI is InChI=1S/C25H29F6N5O2/c26-17-10-16(17)23(38)35-22(14-3-6-24(27,28)7-4-14)18-12-36-19(33-18)9-15(11-32-36)21(13-1-2-13)34-20(37)5-8-25(29,30)31/h9,11-14,16-17,21-22H,1-8,10H2,(H,34,37)(H,35,38)/t16-,17+,21+,22-/m0/s1. The Balaban J connectivity index is 1.36. The van der Waals surface area contributed by atoms with Gasteiger partial charge in [0.15, 0.2) is 5.65 Å². The fraction of sp³-hybridized carbons (Fsp3) is 0.680. The summed E-state index contributed by atoms with van der Waals surface area (Å²) >= 11 is 0. The van der Waals surface area contributed by atoms with Crippen molar-refractivity contribution in [2.45, 2.75) is 88.1 Å². The Bertz CT molecular complexity index is 1190. The van der Waals surface area contributed by atoms with Gasteiger partial charge in [-0.05, 0) is 55.6 Å². The lowest BCUT2D eigenvalue weighted by Crippen LogP contribution is -2.38. The first-order valence-electron chi connectivity index (χ1n) is 12.9. The lowest BCUT2D eigenvalue weighted by Gasteiger charge is -2.33. The molecule has 0 spiro atoms. The van der Waals surface area contributed by atoms with Crippen molar-refractivity contribution in [2.24, 2.45) is 17.8 Å². The van der Waals surface area contributed by atoms with Gasteiger partial charge in [0.25, 0.3) is 0 Å². The van der Waals surface area contributed by atoms with Gasteiger partial charge in [0.05, 0.1) is 42.5 Å². The molecule has 3 aliphatic rings. The monoisotopic (exact) mass is 545 g/mol. The molecule has 5 rings (SSSR count). The molecule has 0 radical (unpaired) electrons. The summed E-state index contributed by atoms with van der Waals surface area (Å²) in [5.74, 6) is -4.92. The molecule has 0 saturated heterocycles. The van der Waals surface area contributed by atoms with Gasteiger partial charge in [0.2, 0.25) is 17.7 Å².